The van der Waals surface area contributed by atoms with E-state index in [0.29, 0.717) is 16.5 Å². The Morgan fingerprint density at radius 3 is 2.77 bits per heavy atom. The van der Waals surface area contributed by atoms with Crippen LogP contribution in [0.25, 0.3) is 5.65 Å². The molecule has 2 aromatic heterocycles. The summed E-state index contributed by atoms with van der Waals surface area (Å²) in [6.45, 7) is 1.84. The number of benzene rings is 1. The molecule has 1 unspecified atom stereocenters. The first kappa shape index (κ1) is 14.3. The van der Waals surface area contributed by atoms with Crippen molar-refractivity contribution in [2.45, 2.75) is 13.0 Å². The fourth-order valence-electron chi connectivity index (χ4n) is 2.14. The highest BCUT2D eigenvalue weighted by atomic mass is 35.5. The fraction of sp³-hybridized carbons (Fsp3) is 0.133. The predicted octanol–water partition coefficient (Wildman–Crippen LogP) is 3.27. The van der Waals surface area contributed by atoms with E-state index in [4.69, 9.17) is 11.6 Å². The molecule has 0 aliphatic carbocycles. The van der Waals surface area contributed by atoms with Crippen LogP contribution in [-0.2, 0) is 0 Å². The molecule has 3 rings (SSSR count). The van der Waals surface area contributed by atoms with Crippen LogP contribution in [0.15, 0.2) is 48.7 Å². The second-order valence-electron chi connectivity index (χ2n) is 4.79. The summed E-state index contributed by atoms with van der Waals surface area (Å²) in [7, 11) is 0. The number of nitrogens with zero attached hydrogens (tertiary/aromatic N) is 3. The van der Waals surface area contributed by atoms with Gasteiger partial charge in [-0.15, -0.1) is 10.2 Å². The van der Waals surface area contributed by atoms with E-state index in [1.54, 1.807) is 24.3 Å². The molecule has 1 aromatic carbocycles. The van der Waals surface area contributed by atoms with Gasteiger partial charge in [-0.2, -0.15) is 0 Å². The SMILES string of the molecule is CC(NC(=O)Nc1ccccc1Cl)c1nnc2ccccn12. The van der Waals surface area contributed by atoms with Crippen LogP contribution in [0.5, 0.6) is 0 Å². The van der Waals surface area contributed by atoms with E-state index in [1.807, 2.05) is 35.7 Å². The van der Waals surface area contributed by atoms with Gasteiger partial charge in [-0.05, 0) is 31.2 Å². The smallest absolute Gasteiger partial charge is 0.319 e. The van der Waals surface area contributed by atoms with E-state index in [9.17, 15) is 4.79 Å². The summed E-state index contributed by atoms with van der Waals surface area (Å²) < 4.78 is 1.83. The molecule has 0 saturated heterocycles. The number of hydrogen-bond donors (Lipinski definition) is 2. The number of rotatable bonds is 3. The summed E-state index contributed by atoms with van der Waals surface area (Å²) in [5.41, 5.74) is 1.29. The number of fused-ring (bicyclic) bond motifs is 1. The first-order chi connectivity index (χ1) is 10.6. The van der Waals surface area contributed by atoms with Crippen LogP contribution in [0.1, 0.15) is 18.8 Å². The molecule has 22 heavy (non-hydrogen) atoms. The van der Waals surface area contributed by atoms with Crippen molar-refractivity contribution in [2.75, 3.05) is 5.32 Å². The molecule has 1 atom stereocenters. The fourth-order valence-corrected chi connectivity index (χ4v) is 2.32. The van der Waals surface area contributed by atoms with E-state index in [1.165, 1.54) is 0 Å². The minimum absolute atomic E-state index is 0.306. The van der Waals surface area contributed by atoms with E-state index in [0.717, 1.165) is 5.65 Å². The summed E-state index contributed by atoms with van der Waals surface area (Å²) in [6, 6.07) is 12.0. The highest BCUT2D eigenvalue weighted by Crippen LogP contribution is 2.20. The van der Waals surface area contributed by atoms with Crippen molar-refractivity contribution < 1.29 is 4.79 Å². The standard InChI is InChI=1S/C15H14ClN5O/c1-10(14-20-19-13-8-4-5-9-21(13)14)17-15(22)18-12-7-3-2-6-11(12)16/h2-10H,1H3,(H2,17,18,22). The van der Waals surface area contributed by atoms with Gasteiger partial charge in [0, 0.05) is 6.20 Å². The molecule has 6 nitrogen and oxygen atoms in total. The molecule has 0 spiro atoms. The molecule has 0 aliphatic heterocycles. The molecular weight excluding hydrogens is 302 g/mol. The van der Waals surface area contributed by atoms with Gasteiger partial charge in [0.1, 0.15) is 0 Å². The van der Waals surface area contributed by atoms with E-state index < -0.39 is 0 Å². The van der Waals surface area contributed by atoms with Crippen LogP contribution in [0.2, 0.25) is 5.02 Å². The number of halogens is 1. The van der Waals surface area contributed by atoms with Crippen LogP contribution >= 0.6 is 11.6 Å². The van der Waals surface area contributed by atoms with Crippen molar-refractivity contribution in [3.63, 3.8) is 0 Å². The molecule has 0 aliphatic rings. The van der Waals surface area contributed by atoms with Gasteiger partial charge in [0.2, 0.25) is 0 Å². The number of hydrogen-bond acceptors (Lipinski definition) is 3. The Bertz CT molecular complexity index is 816. The number of anilines is 1. The number of aromatic nitrogens is 3. The van der Waals surface area contributed by atoms with Crippen molar-refractivity contribution in [1.82, 2.24) is 19.9 Å². The number of pyridine rings is 1. The highest BCUT2D eigenvalue weighted by Gasteiger charge is 2.16. The lowest BCUT2D eigenvalue weighted by Gasteiger charge is -2.13. The molecule has 2 amide bonds. The Labute approximate surface area is 132 Å². The van der Waals surface area contributed by atoms with Crippen molar-refractivity contribution in [3.8, 4) is 0 Å². The maximum absolute atomic E-state index is 12.1. The van der Waals surface area contributed by atoms with Crippen molar-refractivity contribution in [2.24, 2.45) is 0 Å². The third-order valence-electron chi connectivity index (χ3n) is 3.20. The summed E-state index contributed by atoms with van der Waals surface area (Å²) in [6.07, 6.45) is 1.86. The first-order valence-corrected chi connectivity index (χ1v) is 7.14. The quantitative estimate of drug-likeness (QED) is 0.779. The lowest BCUT2D eigenvalue weighted by Crippen LogP contribution is -2.32. The van der Waals surface area contributed by atoms with E-state index in [2.05, 4.69) is 20.8 Å². The number of nitrogens with one attached hydrogen (secondary N) is 2. The number of para-hydroxylation sites is 1. The third-order valence-corrected chi connectivity index (χ3v) is 3.53. The molecule has 2 N–H and O–H groups in total. The molecule has 112 valence electrons. The lowest BCUT2D eigenvalue weighted by atomic mass is 10.3. The summed E-state index contributed by atoms with van der Waals surface area (Å²) >= 11 is 6.01. The average Bonchev–Trinajstić information content (AvgIpc) is 2.93. The van der Waals surface area contributed by atoms with Gasteiger partial charge in [0.15, 0.2) is 11.5 Å². The molecule has 7 heteroatoms. The zero-order chi connectivity index (χ0) is 15.5. The van der Waals surface area contributed by atoms with Crippen LogP contribution in [0.3, 0.4) is 0 Å². The van der Waals surface area contributed by atoms with Crippen LogP contribution < -0.4 is 10.6 Å². The monoisotopic (exact) mass is 315 g/mol. The molecule has 0 fully saturated rings. The molecule has 2 heterocycles. The van der Waals surface area contributed by atoms with Gasteiger partial charge in [0.05, 0.1) is 16.8 Å². The second-order valence-corrected chi connectivity index (χ2v) is 5.19. The molecule has 0 radical (unpaired) electrons. The third kappa shape index (κ3) is 2.87. The number of urea groups is 1. The van der Waals surface area contributed by atoms with Crippen molar-refractivity contribution in [1.29, 1.82) is 0 Å². The van der Waals surface area contributed by atoms with Crippen LogP contribution in [-0.4, -0.2) is 20.6 Å². The molecule has 3 aromatic rings. The van der Waals surface area contributed by atoms with E-state index in [-0.39, 0.29) is 12.1 Å². The first-order valence-electron chi connectivity index (χ1n) is 6.77. The van der Waals surface area contributed by atoms with Crippen molar-refractivity contribution >= 4 is 29.0 Å². The van der Waals surface area contributed by atoms with E-state index >= 15 is 0 Å². The summed E-state index contributed by atoms with van der Waals surface area (Å²) in [5, 5.41) is 14.2. The largest absolute Gasteiger partial charge is 0.328 e. The second kappa shape index (κ2) is 6.03. The summed E-state index contributed by atoms with van der Waals surface area (Å²) in [5.74, 6) is 0.657. The number of amides is 2. The van der Waals surface area contributed by atoms with Gasteiger partial charge in [-0.25, -0.2) is 4.79 Å². The Hall–Kier alpha value is -2.60. The van der Waals surface area contributed by atoms with Gasteiger partial charge in [-0.1, -0.05) is 29.8 Å². The minimum atomic E-state index is -0.353. The zero-order valence-corrected chi connectivity index (χ0v) is 12.6. The minimum Gasteiger partial charge on any atom is -0.328 e. The lowest BCUT2D eigenvalue weighted by molar-refractivity contribution is 0.249. The maximum Gasteiger partial charge on any atom is 0.319 e. The van der Waals surface area contributed by atoms with Gasteiger partial charge < -0.3 is 10.6 Å². The normalized spacial score (nSPS) is 12.1. The summed E-state index contributed by atoms with van der Waals surface area (Å²) in [4.78, 5) is 12.1. The molecular formula is C15H14ClN5O. The van der Waals surface area contributed by atoms with Crippen molar-refractivity contribution in [3.05, 3.63) is 59.5 Å². The Kier molecular flexibility index (Phi) is 3.93. The van der Waals surface area contributed by atoms with Crippen LogP contribution in [0, 0.1) is 0 Å². The number of carbonyl (C=O) groups is 1. The Morgan fingerprint density at radius 1 is 1.18 bits per heavy atom. The molecule has 0 saturated carbocycles. The maximum atomic E-state index is 12.1. The average molecular weight is 316 g/mol. The topological polar surface area (TPSA) is 71.3 Å². The highest BCUT2D eigenvalue weighted by molar-refractivity contribution is 6.33. The Morgan fingerprint density at radius 2 is 1.95 bits per heavy atom. The molecule has 0 bridgehead atoms. The van der Waals surface area contributed by atoms with Gasteiger partial charge in [0.25, 0.3) is 0 Å². The zero-order valence-electron chi connectivity index (χ0n) is 11.8. The number of carbonyl (C=O) groups excluding carboxylic acids is 1. The van der Waals surface area contributed by atoms with Crippen LogP contribution in [0.4, 0.5) is 10.5 Å². The van der Waals surface area contributed by atoms with Gasteiger partial charge >= 0.3 is 6.03 Å². The predicted molar refractivity (Wildman–Crippen MR) is 85.0 cm³/mol. The Balaban J connectivity index is 1.73. The van der Waals surface area contributed by atoms with Gasteiger partial charge in [-0.3, -0.25) is 4.40 Å².